The number of nitrogens with zero attached hydrogens (tertiary/aromatic N) is 2. The number of aliphatic imine (C=N–C) groups is 1. The Balaban J connectivity index is 2.97. The second-order valence-corrected chi connectivity index (χ2v) is 8.68. The van der Waals surface area contributed by atoms with E-state index in [0.29, 0.717) is 0 Å². The van der Waals surface area contributed by atoms with Crippen molar-refractivity contribution < 1.29 is 0 Å². The average Bonchev–Trinajstić information content (AvgIpc) is 2.73. The van der Waals surface area contributed by atoms with Crippen LogP contribution in [0.2, 0.25) is 0 Å². The van der Waals surface area contributed by atoms with E-state index in [1.165, 1.54) is 35.5 Å². The summed E-state index contributed by atoms with van der Waals surface area (Å²) in [5.41, 5.74) is 5.63. The lowest BCUT2D eigenvalue weighted by Crippen LogP contribution is -2.21. The number of anilines is 1. The molecule has 0 aromatic heterocycles. The van der Waals surface area contributed by atoms with Crippen LogP contribution >= 0.6 is 0 Å². The van der Waals surface area contributed by atoms with E-state index in [2.05, 4.69) is 97.7 Å². The molecular formula is C26H44N2. The summed E-state index contributed by atoms with van der Waals surface area (Å²) in [7, 11) is 2.18. The molecule has 0 aliphatic heterocycles. The highest BCUT2D eigenvalue weighted by Crippen LogP contribution is 2.32. The van der Waals surface area contributed by atoms with Crippen LogP contribution in [0.1, 0.15) is 99.5 Å². The highest BCUT2D eigenvalue weighted by molar-refractivity contribution is 5.83. The van der Waals surface area contributed by atoms with Crippen LogP contribution in [0, 0.1) is 0 Å². The van der Waals surface area contributed by atoms with Crippen LogP contribution in [0.15, 0.2) is 41.0 Å². The summed E-state index contributed by atoms with van der Waals surface area (Å²) in [6.07, 6.45) is 8.81. The number of hydrogen-bond acceptors (Lipinski definition) is 2. The van der Waals surface area contributed by atoms with Gasteiger partial charge < -0.3 is 4.90 Å². The molecule has 0 radical (unpaired) electrons. The SMILES string of the molecule is CC/C(=C\CC(C)=NC(C)(CC)CC)N(C)c1ccc(C(C)(CC)CC)cc1. The van der Waals surface area contributed by atoms with Crippen LogP contribution in [0.4, 0.5) is 5.69 Å². The van der Waals surface area contributed by atoms with Gasteiger partial charge in [-0.1, -0.05) is 59.8 Å². The molecule has 0 bridgehead atoms. The summed E-state index contributed by atoms with van der Waals surface area (Å²) in [5, 5.41) is 0. The monoisotopic (exact) mass is 384 g/mol. The predicted octanol–water partition coefficient (Wildman–Crippen LogP) is 7.92. The first-order valence-electron chi connectivity index (χ1n) is 11.3. The molecule has 1 rings (SSSR count). The maximum atomic E-state index is 4.99. The molecule has 2 heteroatoms. The maximum Gasteiger partial charge on any atom is 0.0574 e. The van der Waals surface area contributed by atoms with Crippen molar-refractivity contribution in [2.24, 2.45) is 4.99 Å². The van der Waals surface area contributed by atoms with Gasteiger partial charge in [-0.15, -0.1) is 0 Å². The van der Waals surface area contributed by atoms with Crippen LogP contribution in [0.25, 0.3) is 0 Å². The van der Waals surface area contributed by atoms with E-state index >= 15 is 0 Å². The zero-order valence-electron chi connectivity index (χ0n) is 20.0. The summed E-state index contributed by atoms with van der Waals surface area (Å²) in [6, 6.07) is 9.17. The van der Waals surface area contributed by atoms with Gasteiger partial charge in [-0.3, -0.25) is 4.99 Å². The van der Waals surface area contributed by atoms with Gasteiger partial charge in [0.25, 0.3) is 0 Å². The van der Waals surface area contributed by atoms with Crippen molar-refractivity contribution in [1.29, 1.82) is 0 Å². The van der Waals surface area contributed by atoms with Gasteiger partial charge in [0.2, 0.25) is 0 Å². The van der Waals surface area contributed by atoms with Gasteiger partial charge >= 0.3 is 0 Å². The third kappa shape index (κ3) is 6.22. The van der Waals surface area contributed by atoms with Crippen LogP contribution in [0.3, 0.4) is 0 Å². The molecule has 0 saturated heterocycles. The van der Waals surface area contributed by atoms with Gasteiger partial charge in [-0.05, 0) is 69.1 Å². The van der Waals surface area contributed by atoms with E-state index in [-0.39, 0.29) is 11.0 Å². The molecule has 0 N–H and O–H groups in total. The number of rotatable bonds is 11. The maximum absolute atomic E-state index is 4.99. The van der Waals surface area contributed by atoms with Crippen molar-refractivity contribution in [1.82, 2.24) is 0 Å². The summed E-state index contributed by atoms with van der Waals surface area (Å²) in [5.74, 6) is 0. The molecule has 0 saturated carbocycles. The first-order valence-corrected chi connectivity index (χ1v) is 11.3. The van der Waals surface area contributed by atoms with Crippen molar-refractivity contribution in [2.75, 3.05) is 11.9 Å². The highest BCUT2D eigenvalue weighted by Gasteiger charge is 2.22. The summed E-state index contributed by atoms with van der Waals surface area (Å²) >= 11 is 0. The topological polar surface area (TPSA) is 15.6 Å². The average molecular weight is 385 g/mol. The van der Waals surface area contributed by atoms with Crippen molar-refractivity contribution in [2.45, 2.75) is 105 Å². The second kappa shape index (κ2) is 10.8. The van der Waals surface area contributed by atoms with Crippen LogP contribution in [0.5, 0.6) is 0 Å². The molecule has 0 aliphatic carbocycles. The van der Waals surface area contributed by atoms with Crippen molar-refractivity contribution in [3.63, 3.8) is 0 Å². The Hall–Kier alpha value is -1.57. The molecule has 0 unspecified atom stereocenters. The standard InChI is InChI=1S/C26H44N2/c1-10-23(18-15-21(6)27-26(8,13-4)14-5)28(9)24-19-16-22(17-20-24)25(7,11-2)12-3/h16-20H,10-15H2,1-9H3/b23-18+,27-21?. The fraction of sp³-hybridized carbons (Fsp3) is 0.654. The van der Waals surface area contributed by atoms with E-state index in [1.54, 1.807) is 0 Å². The van der Waals surface area contributed by atoms with Gasteiger partial charge in [0.05, 0.1) is 5.54 Å². The quantitative estimate of drug-likeness (QED) is 0.354. The van der Waals surface area contributed by atoms with E-state index in [4.69, 9.17) is 4.99 Å². The second-order valence-electron chi connectivity index (χ2n) is 8.68. The summed E-state index contributed by atoms with van der Waals surface area (Å²) < 4.78 is 0. The largest absolute Gasteiger partial charge is 0.349 e. The Morgan fingerprint density at radius 1 is 0.929 bits per heavy atom. The summed E-state index contributed by atoms with van der Waals surface area (Å²) in [6.45, 7) is 18.1. The Bertz CT molecular complexity index is 644. The minimum absolute atomic E-state index is 0.0806. The third-order valence-corrected chi connectivity index (χ3v) is 6.92. The molecule has 0 heterocycles. The Kier molecular flexibility index (Phi) is 9.47. The lowest BCUT2D eigenvalue weighted by atomic mass is 9.78. The van der Waals surface area contributed by atoms with E-state index < -0.39 is 0 Å². The van der Waals surface area contributed by atoms with E-state index in [1.807, 2.05) is 0 Å². The number of benzene rings is 1. The Morgan fingerprint density at radius 2 is 1.46 bits per heavy atom. The van der Waals surface area contributed by atoms with E-state index in [0.717, 1.165) is 25.7 Å². The lowest BCUT2D eigenvalue weighted by Gasteiger charge is -2.29. The summed E-state index contributed by atoms with van der Waals surface area (Å²) in [4.78, 5) is 7.32. The van der Waals surface area contributed by atoms with Crippen LogP contribution < -0.4 is 4.90 Å². The molecule has 0 fully saturated rings. The zero-order valence-corrected chi connectivity index (χ0v) is 20.0. The molecule has 1 aromatic rings. The molecule has 158 valence electrons. The predicted molar refractivity (Wildman–Crippen MR) is 128 cm³/mol. The molecule has 0 spiro atoms. The third-order valence-electron chi connectivity index (χ3n) is 6.92. The van der Waals surface area contributed by atoms with Crippen molar-refractivity contribution in [3.8, 4) is 0 Å². The van der Waals surface area contributed by atoms with Gasteiger partial charge in [0.1, 0.15) is 0 Å². The minimum Gasteiger partial charge on any atom is -0.349 e. The first-order chi connectivity index (χ1) is 13.2. The minimum atomic E-state index is 0.0806. The molecule has 0 amide bonds. The number of allylic oxidation sites excluding steroid dienone is 2. The number of hydrogen-bond donors (Lipinski definition) is 0. The highest BCUT2D eigenvalue weighted by atomic mass is 15.1. The van der Waals surface area contributed by atoms with Gasteiger partial charge in [-0.2, -0.15) is 0 Å². The van der Waals surface area contributed by atoms with Gasteiger partial charge in [0, 0.05) is 30.6 Å². The van der Waals surface area contributed by atoms with Crippen molar-refractivity contribution >= 4 is 11.4 Å². The molecule has 2 nitrogen and oxygen atoms in total. The Labute approximate surface area is 175 Å². The molecule has 0 aliphatic rings. The fourth-order valence-electron chi connectivity index (χ4n) is 3.61. The molecular weight excluding hydrogens is 340 g/mol. The Morgan fingerprint density at radius 3 is 1.89 bits per heavy atom. The zero-order chi connectivity index (χ0) is 21.4. The van der Waals surface area contributed by atoms with Crippen LogP contribution in [-0.2, 0) is 5.41 Å². The molecule has 1 aromatic carbocycles. The fourth-order valence-corrected chi connectivity index (χ4v) is 3.61. The van der Waals surface area contributed by atoms with Gasteiger partial charge in [0.15, 0.2) is 0 Å². The normalized spacial score (nSPS) is 13.8. The smallest absolute Gasteiger partial charge is 0.0574 e. The first kappa shape index (κ1) is 24.5. The molecule has 28 heavy (non-hydrogen) atoms. The van der Waals surface area contributed by atoms with Crippen LogP contribution in [-0.4, -0.2) is 18.3 Å². The molecule has 0 atom stereocenters. The lowest BCUT2D eigenvalue weighted by molar-refractivity contribution is 0.439. The van der Waals surface area contributed by atoms with E-state index in [9.17, 15) is 0 Å². The van der Waals surface area contributed by atoms with Gasteiger partial charge in [-0.25, -0.2) is 0 Å². The van der Waals surface area contributed by atoms with Crippen molar-refractivity contribution in [3.05, 3.63) is 41.6 Å².